The summed E-state index contributed by atoms with van der Waals surface area (Å²) in [6, 6.07) is 0. The molecule has 1 unspecified atom stereocenters. The summed E-state index contributed by atoms with van der Waals surface area (Å²) < 4.78 is 10.5. The van der Waals surface area contributed by atoms with Gasteiger partial charge in [-0.25, -0.2) is 0 Å². The number of unbranched alkanes of at least 4 members (excludes halogenated alkanes) is 1. The Morgan fingerprint density at radius 2 is 1.72 bits per heavy atom. The highest BCUT2D eigenvalue weighted by atomic mass is 16.5. The molecular formula is C25H45NO3. The second-order valence-corrected chi connectivity index (χ2v) is 7.96. The molecule has 4 nitrogen and oxygen atoms in total. The topological polar surface area (TPSA) is 50.7 Å². The zero-order chi connectivity index (χ0) is 22.2. The van der Waals surface area contributed by atoms with Crippen molar-refractivity contribution in [1.82, 2.24) is 5.32 Å². The molecule has 0 aliphatic carbocycles. The molecule has 0 aromatic carbocycles. The molecule has 0 radical (unpaired) electrons. The lowest BCUT2D eigenvalue weighted by Crippen LogP contribution is -2.40. The van der Waals surface area contributed by atoms with E-state index >= 15 is 0 Å². The number of allylic oxidation sites excluding steroid dienone is 6. The number of methoxy groups -OCH3 is 2. The fourth-order valence-electron chi connectivity index (χ4n) is 3.11. The van der Waals surface area contributed by atoms with Crippen LogP contribution in [0.2, 0.25) is 0 Å². The Balaban J connectivity index is 0.00000113. The van der Waals surface area contributed by atoms with Crippen LogP contribution in [0.5, 0.6) is 0 Å². The van der Waals surface area contributed by atoms with Gasteiger partial charge in [0.2, 0.25) is 5.88 Å². The van der Waals surface area contributed by atoms with E-state index in [0.29, 0.717) is 18.2 Å². The summed E-state index contributed by atoms with van der Waals surface area (Å²) in [7, 11) is 3.14. The van der Waals surface area contributed by atoms with Gasteiger partial charge in [0.05, 0.1) is 14.2 Å². The van der Waals surface area contributed by atoms with Crippen molar-refractivity contribution in [3.05, 3.63) is 46.6 Å². The van der Waals surface area contributed by atoms with Gasteiger partial charge in [-0.3, -0.25) is 0 Å². The van der Waals surface area contributed by atoms with E-state index in [0.717, 1.165) is 25.7 Å². The van der Waals surface area contributed by atoms with Crippen molar-refractivity contribution in [3.63, 3.8) is 0 Å². The van der Waals surface area contributed by atoms with Crippen LogP contribution in [-0.2, 0) is 9.47 Å². The van der Waals surface area contributed by atoms with Crippen LogP contribution in [0.25, 0.3) is 0 Å². The molecule has 1 heterocycles. The average molecular weight is 408 g/mol. The second-order valence-electron chi connectivity index (χ2n) is 7.96. The summed E-state index contributed by atoms with van der Waals surface area (Å²) >= 11 is 0. The first-order valence-corrected chi connectivity index (χ1v) is 11.0. The Bertz CT molecular complexity index is 569. The van der Waals surface area contributed by atoms with E-state index in [2.05, 4.69) is 65.1 Å². The van der Waals surface area contributed by atoms with E-state index in [-0.39, 0.29) is 5.92 Å². The number of rotatable bonds is 10. The molecule has 0 spiro atoms. The molecule has 1 rings (SSSR count). The van der Waals surface area contributed by atoms with Crippen LogP contribution in [0, 0.1) is 5.92 Å². The summed E-state index contributed by atoms with van der Waals surface area (Å²) in [5.74, 6) is 1.14. The van der Waals surface area contributed by atoms with Gasteiger partial charge >= 0.3 is 0 Å². The number of aliphatic hydroxyl groups excluding tert-OH is 1. The lowest BCUT2D eigenvalue weighted by molar-refractivity contribution is 0.0454. The van der Waals surface area contributed by atoms with Gasteiger partial charge in [-0.1, -0.05) is 48.8 Å². The lowest BCUT2D eigenvalue weighted by atomic mass is 9.93. The molecule has 0 aromatic heterocycles. The molecule has 0 saturated carbocycles. The third-order valence-electron chi connectivity index (χ3n) is 5.09. The Hall–Kier alpha value is -1.68. The van der Waals surface area contributed by atoms with E-state index in [4.69, 9.17) is 9.47 Å². The number of hydrogen-bond donors (Lipinski definition) is 2. The first kappa shape index (κ1) is 27.3. The molecule has 168 valence electrons. The Morgan fingerprint density at radius 3 is 2.21 bits per heavy atom. The fourth-order valence-corrected chi connectivity index (χ4v) is 3.11. The lowest BCUT2D eigenvalue weighted by Gasteiger charge is -2.30. The van der Waals surface area contributed by atoms with Crippen molar-refractivity contribution in [1.29, 1.82) is 0 Å². The first-order valence-electron chi connectivity index (χ1n) is 11.0. The van der Waals surface area contributed by atoms with Crippen molar-refractivity contribution < 1.29 is 14.6 Å². The van der Waals surface area contributed by atoms with Crippen molar-refractivity contribution in [3.8, 4) is 0 Å². The standard InChI is InChI=1S/C19H33NO3.C6H12/c1-6-14(2)9-7-8-10-15(3)11-12-16-13-20-19(23-5)18(22-4)17(16)21;1-4-5-6(2)3/h9,11,16-17,20-21H,6-8,10,12-13H2,1-5H3;5H,4H2,1-3H3/b14-9+,15-11+;/t16-,17?;/m1./s1. The number of hydrogen-bond acceptors (Lipinski definition) is 4. The Morgan fingerprint density at radius 1 is 1.03 bits per heavy atom. The van der Waals surface area contributed by atoms with Gasteiger partial charge in [0.1, 0.15) is 6.10 Å². The van der Waals surface area contributed by atoms with Crippen LogP contribution in [0.4, 0.5) is 0 Å². The quantitative estimate of drug-likeness (QED) is 0.332. The third kappa shape index (κ3) is 11.8. The van der Waals surface area contributed by atoms with Crippen LogP contribution >= 0.6 is 0 Å². The van der Waals surface area contributed by atoms with Gasteiger partial charge in [0.15, 0.2) is 5.76 Å². The maximum atomic E-state index is 10.4. The van der Waals surface area contributed by atoms with E-state index in [1.165, 1.54) is 29.6 Å². The Labute approximate surface area is 179 Å². The van der Waals surface area contributed by atoms with E-state index < -0.39 is 6.10 Å². The van der Waals surface area contributed by atoms with Crippen molar-refractivity contribution >= 4 is 0 Å². The van der Waals surface area contributed by atoms with Crippen LogP contribution in [0.15, 0.2) is 46.6 Å². The smallest absolute Gasteiger partial charge is 0.228 e. The number of nitrogens with one attached hydrogen (secondary N) is 1. The van der Waals surface area contributed by atoms with Gasteiger partial charge in [0, 0.05) is 12.5 Å². The van der Waals surface area contributed by atoms with Gasteiger partial charge < -0.3 is 19.9 Å². The monoisotopic (exact) mass is 407 g/mol. The summed E-state index contributed by atoms with van der Waals surface area (Å²) in [5, 5.41) is 13.6. The molecule has 2 N–H and O–H groups in total. The first-order chi connectivity index (χ1) is 13.8. The number of ether oxygens (including phenoxy) is 2. The second kappa shape index (κ2) is 16.2. The maximum Gasteiger partial charge on any atom is 0.228 e. The normalized spacial score (nSPS) is 19.8. The van der Waals surface area contributed by atoms with Crippen LogP contribution in [0.1, 0.15) is 80.1 Å². The zero-order valence-corrected chi connectivity index (χ0v) is 20.1. The molecule has 0 bridgehead atoms. The van der Waals surface area contributed by atoms with E-state index in [1.54, 1.807) is 14.2 Å². The van der Waals surface area contributed by atoms with Gasteiger partial charge in [-0.15, -0.1) is 0 Å². The highest BCUT2D eigenvalue weighted by molar-refractivity contribution is 5.13. The van der Waals surface area contributed by atoms with Crippen molar-refractivity contribution in [2.75, 3.05) is 20.8 Å². The molecule has 1 aliphatic rings. The minimum absolute atomic E-state index is 0.112. The van der Waals surface area contributed by atoms with Gasteiger partial charge in [0.25, 0.3) is 0 Å². The summed E-state index contributed by atoms with van der Waals surface area (Å²) in [5.41, 5.74) is 4.27. The van der Waals surface area contributed by atoms with Crippen LogP contribution in [0.3, 0.4) is 0 Å². The summed E-state index contributed by atoms with van der Waals surface area (Å²) in [6.07, 6.45) is 12.8. The summed E-state index contributed by atoms with van der Waals surface area (Å²) in [6.45, 7) is 13.6. The van der Waals surface area contributed by atoms with Crippen molar-refractivity contribution in [2.24, 2.45) is 5.92 Å². The molecular weight excluding hydrogens is 362 g/mol. The van der Waals surface area contributed by atoms with E-state index in [1.807, 2.05) is 0 Å². The van der Waals surface area contributed by atoms with Crippen LogP contribution < -0.4 is 5.32 Å². The predicted octanol–water partition coefficient (Wildman–Crippen LogP) is 6.25. The summed E-state index contributed by atoms with van der Waals surface area (Å²) in [4.78, 5) is 0. The van der Waals surface area contributed by atoms with E-state index in [9.17, 15) is 5.11 Å². The molecule has 2 atom stereocenters. The van der Waals surface area contributed by atoms with Crippen molar-refractivity contribution in [2.45, 2.75) is 86.2 Å². The molecule has 0 saturated heterocycles. The zero-order valence-electron chi connectivity index (χ0n) is 20.1. The average Bonchev–Trinajstić information content (AvgIpc) is 2.70. The third-order valence-corrected chi connectivity index (χ3v) is 5.09. The highest BCUT2D eigenvalue weighted by Crippen LogP contribution is 2.25. The minimum atomic E-state index is -0.615. The minimum Gasteiger partial charge on any atom is -0.493 e. The molecule has 0 amide bonds. The molecule has 29 heavy (non-hydrogen) atoms. The largest absolute Gasteiger partial charge is 0.493 e. The molecule has 0 aromatic rings. The SMILES string of the molecule is CC/C(C)=C/CCC/C(C)=C/C[C@@H]1CNC(OC)=C(OC)C1O.CCC=C(C)C. The fraction of sp³-hybridized carbons (Fsp3) is 0.680. The maximum absolute atomic E-state index is 10.4. The van der Waals surface area contributed by atoms with Crippen LogP contribution in [-0.4, -0.2) is 32.0 Å². The van der Waals surface area contributed by atoms with Gasteiger partial charge in [-0.05, 0) is 66.2 Å². The molecule has 1 aliphatic heterocycles. The van der Waals surface area contributed by atoms with Gasteiger partial charge in [-0.2, -0.15) is 0 Å². The Kier molecular flexibility index (Phi) is 15.2. The predicted molar refractivity (Wildman–Crippen MR) is 125 cm³/mol. The highest BCUT2D eigenvalue weighted by Gasteiger charge is 2.31. The molecule has 0 fully saturated rings. The number of aliphatic hydroxyl groups is 1. The molecule has 4 heteroatoms.